The lowest BCUT2D eigenvalue weighted by Gasteiger charge is -2.24. The standard InChI is InChI=1S/C41H28N4/c1-41(2)35-16-10-9-15-32(35)36-33(24-31-18-17-26(25-42)23-34(31)37(36)41)27-19-21-30(22-20-27)40-44-38(28-11-5-3-6-12-28)43-39(45-40)29-13-7-4-8-14-29/h3-24H,1-2H3. The van der Waals surface area contributed by atoms with Crippen molar-refractivity contribution >= 4 is 10.8 Å². The van der Waals surface area contributed by atoms with Crippen molar-refractivity contribution in [1.29, 1.82) is 5.26 Å². The second-order valence-corrected chi connectivity index (χ2v) is 12.0. The first-order chi connectivity index (χ1) is 22.0. The number of hydrogen-bond acceptors (Lipinski definition) is 4. The van der Waals surface area contributed by atoms with Gasteiger partial charge in [-0.2, -0.15) is 5.26 Å². The summed E-state index contributed by atoms with van der Waals surface area (Å²) in [5.41, 5.74) is 10.7. The summed E-state index contributed by atoms with van der Waals surface area (Å²) in [5.74, 6) is 1.92. The zero-order valence-corrected chi connectivity index (χ0v) is 25.0. The average Bonchev–Trinajstić information content (AvgIpc) is 3.35. The molecule has 1 aromatic heterocycles. The van der Waals surface area contributed by atoms with Crippen LogP contribution in [0.15, 0.2) is 133 Å². The maximum absolute atomic E-state index is 9.70. The van der Waals surface area contributed by atoms with E-state index in [9.17, 15) is 5.26 Å². The van der Waals surface area contributed by atoms with Crippen molar-refractivity contribution in [3.05, 3.63) is 150 Å². The Morgan fingerprint density at radius 3 is 1.67 bits per heavy atom. The fourth-order valence-electron chi connectivity index (χ4n) is 6.74. The maximum atomic E-state index is 9.70. The van der Waals surface area contributed by atoms with Crippen molar-refractivity contribution in [2.45, 2.75) is 19.3 Å². The summed E-state index contributed by atoms with van der Waals surface area (Å²) in [6, 6.07) is 48.0. The maximum Gasteiger partial charge on any atom is 0.164 e. The van der Waals surface area contributed by atoms with Gasteiger partial charge in [0.2, 0.25) is 0 Å². The summed E-state index contributed by atoms with van der Waals surface area (Å²) >= 11 is 0. The van der Waals surface area contributed by atoms with Crippen LogP contribution in [0, 0.1) is 11.3 Å². The van der Waals surface area contributed by atoms with Gasteiger partial charge in [-0.1, -0.05) is 129 Å². The summed E-state index contributed by atoms with van der Waals surface area (Å²) < 4.78 is 0. The zero-order chi connectivity index (χ0) is 30.5. The molecule has 1 heterocycles. The van der Waals surface area contributed by atoms with Crippen molar-refractivity contribution in [3.63, 3.8) is 0 Å². The van der Waals surface area contributed by atoms with E-state index in [1.165, 1.54) is 27.8 Å². The van der Waals surface area contributed by atoms with Crippen LogP contribution in [0.25, 0.3) is 67.2 Å². The molecule has 0 spiro atoms. The van der Waals surface area contributed by atoms with Crippen molar-refractivity contribution in [1.82, 2.24) is 15.0 Å². The molecule has 6 aromatic carbocycles. The van der Waals surface area contributed by atoms with E-state index in [1.807, 2.05) is 72.8 Å². The topological polar surface area (TPSA) is 62.5 Å². The van der Waals surface area contributed by atoms with E-state index in [4.69, 9.17) is 15.0 Å². The fraction of sp³-hybridized carbons (Fsp3) is 0.0732. The summed E-state index contributed by atoms with van der Waals surface area (Å²) in [6.07, 6.45) is 0. The van der Waals surface area contributed by atoms with Gasteiger partial charge in [0.15, 0.2) is 17.5 Å². The number of nitrogens with zero attached hydrogens (tertiary/aromatic N) is 4. The molecule has 0 saturated heterocycles. The number of nitriles is 1. The molecule has 8 rings (SSSR count). The first-order valence-corrected chi connectivity index (χ1v) is 15.1. The number of aromatic nitrogens is 3. The Balaban J connectivity index is 1.30. The van der Waals surface area contributed by atoms with Crippen molar-refractivity contribution in [3.8, 4) is 62.5 Å². The van der Waals surface area contributed by atoms with E-state index in [-0.39, 0.29) is 5.41 Å². The number of hydrogen-bond donors (Lipinski definition) is 0. The van der Waals surface area contributed by atoms with Gasteiger partial charge in [0.25, 0.3) is 0 Å². The van der Waals surface area contributed by atoms with E-state index in [1.54, 1.807) is 0 Å². The number of rotatable bonds is 4. The van der Waals surface area contributed by atoms with Crippen LogP contribution in [0.2, 0.25) is 0 Å². The molecule has 0 atom stereocenters. The summed E-state index contributed by atoms with van der Waals surface area (Å²) in [4.78, 5) is 14.7. The smallest absolute Gasteiger partial charge is 0.164 e. The molecule has 45 heavy (non-hydrogen) atoms. The lowest BCUT2D eigenvalue weighted by Crippen LogP contribution is -2.15. The molecule has 212 valence electrons. The Bertz CT molecular complexity index is 2220. The average molecular weight is 577 g/mol. The van der Waals surface area contributed by atoms with Gasteiger partial charge < -0.3 is 0 Å². The van der Waals surface area contributed by atoms with E-state index < -0.39 is 0 Å². The molecule has 0 saturated carbocycles. The minimum Gasteiger partial charge on any atom is -0.208 e. The quantitative estimate of drug-likeness (QED) is 0.209. The minimum absolute atomic E-state index is 0.208. The largest absolute Gasteiger partial charge is 0.208 e. The van der Waals surface area contributed by atoms with Crippen LogP contribution in [0.4, 0.5) is 0 Å². The predicted octanol–water partition coefficient (Wildman–Crippen LogP) is 9.87. The first-order valence-electron chi connectivity index (χ1n) is 15.1. The highest BCUT2D eigenvalue weighted by molar-refractivity contribution is 6.05. The molecule has 0 radical (unpaired) electrons. The van der Waals surface area contributed by atoms with Gasteiger partial charge in [-0.15, -0.1) is 0 Å². The molecular formula is C41H28N4. The zero-order valence-electron chi connectivity index (χ0n) is 25.0. The summed E-state index contributed by atoms with van der Waals surface area (Å²) in [7, 11) is 0. The molecule has 0 aliphatic heterocycles. The molecule has 0 unspecified atom stereocenters. The molecule has 1 aliphatic rings. The van der Waals surface area contributed by atoms with E-state index in [0.29, 0.717) is 23.0 Å². The normalized spacial score (nSPS) is 12.8. The van der Waals surface area contributed by atoms with Crippen molar-refractivity contribution in [2.75, 3.05) is 0 Å². The minimum atomic E-state index is -0.208. The Hall–Kier alpha value is -5.92. The van der Waals surface area contributed by atoms with Gasteiger partial charge in [0.05, 0.1) is 11.6 Å². The Kier molecular flexibility index (Phi) is 6.15. The van der Waals surface area contributed by atoms with Gasteiger partial charge in [0.1, 0.15) is 0 Å². The summed E-state index contributed by atoms with van der Waals surface area (Å²) in [6.45, 7) is 4.58. The van der Waals surface area contributed by atoms with Crippen molar-refractivity contribution < 1.29 is 0 Å². The molecule has 0 amide bonds. The Morgan fingerprint density at radius 1 is 0.533 bits per heavy atom. The van der Waals surface area contributed by atoms with Crippen LogP contribution in [0.3, 0.4) is 0 Å². The lowest BCUT2D eigenvalue weighted by atomic mass is 9.79. The van der Waals surface area contributed by atoms with Gasteiger partial charge in [0, 0.05) is 22.1 Å². The third kappa shape index (κ3) is 4.41. The molecule has 4 nitrogen and oxygen atoms in total. The van der Waals surface area contributed by atoms with Gasteiger partial charge in [-0.3, -0.25) is 0 Å². The second kappa shape index (κ2) is 10.4. The Labute approximate surface area is 262 Å². The van der Waals surface area contributed by atoms with E-state index in [2.05, 4.69) is 80.6 Å². The highest BCUT2D eigenvalue weighted by Crippen LogP contribution is 2.54. The van der Waals surface area contributed by atoms with Crippen LogP contribution >= 0.6 is 0 Å². The van der Waals surface area contributed by atoms with Crippen LogP contribution < -0.4 is 0 Å². The number of fused-ring (bicyclic) bond motifs is 5. The van der Waals surface area contributed by atoms with Crippen molar-refractivity contribution in [2.24, 2.45) is 0 Å². The van der Waals surface area contributed by atoms with Crippen LogP contribution in [-0.4, -0.2) is 15.0 Å². The van der Waals surface area contributed by atoms with Gasteiger partial charge in [-0.25, -0.2) is 15.0 Å². The molecular weight excluding hydrogens is 548 g/mol. The molecule has 1 aliphatic carbocycles. The highest BCUT2D eigenvalue weighted by Gasteiger charge is 2.38. The first kappa shape index (κ1) is 26.7. The molecule has 0 bridgehead atoms. The second-order valence-electron chi connectivity index (χ2n) is 12.0. The summed E-state index contributed by atoms with van der Waals surface area (Å²) in [5, 5.41) is 12.0. The van der Waals surface area contributed by atoms with E-state index >= 15 is 0 Å². The van der Waals surface area contributed by atoms with Crippen LogP contribution in [-0.2, 0) is 5.41 Å². The van der Waals surface area contributed by atoms with Crippen LogP contribution in [0.1, 0.15) is 30.5 Å². The Morgan fingerprint density at radius 2 is 1.07 bits per heavy atom. The van der Waals surface area contributed by atoms with E-state index in [0.717, 1.165) is 33.0 Å². The monoisotopic (exact) mass is 576 g/mol. The van der Waals surface area contributed by atoms with Gasteiger partial charge in [-0.05, 0) is 62.4 Å². The van der Waals surface area contributed by atoms with Crippen LogP contribution in [0.5, 0.6) is 0 Å². The SMILES string of the molecule is CC1(C)c2ccccc2-c2c(-c3ccc(-c4nc(-c5ccccc5)nc(-c5ccccc5)n4)cc3)cc3ccc(C#N)cc3c21. The fourth-order valence-corrected chi connectivity index (χ4v) is 6.74. The van der Waals surface area contributed by atoms with Gasteiger partial charge >= 0.3 is 0 Å². The predicted molar refractivity (Wildman–Crippen MR) is 181 cm³/mol. The molecule has 0 fully saturated rings. The molecule has 0 N–H and O–H groups in total. The third-order valence-corrected chi connectivity index (χ3v) is 8.92. The number of benzene rings is 6. The third-order valence-electron chi connectivity index (χ3n) is 8.92. The highest BCUT2D eigenvalue weighted by atomic mass is 15.0. The molecule has 7 aromatic rings. The lowest BCUT2D eigenvalue weighted by molar-refractivity contribution is 0.666. The molecule has 4 heteroatoms.